The van der Waals surface area contributed by atoms with Gasteiger partial charge in [-0.15, -0.1) is 0 Å². The van der Waals surface area contributed by atoms with Crippen LogP contribution in [0.25, 0.3) is 0 Å². The Bertz CT molecular complexity index is 764. The molecule has 1 saturated carbocycles. The van der Waals surface area contributed by atoms with Gasteiger partial charge in [-0.3, -0.25) is 0 Å². The monoisotopic (exact) mass is 362 g/mol. The Labute approximate surface area is 153 Å². The summed E-state index contributed by atoms with van der Waals surface area (Å²) in [7, 11) is 0. The first-order valence-corrected chi connectivity index (χ1v) is 9.33. The molecule has 1 aliphatic carbocycles. The summed E-state index contributed by atoms with van der Waals surface area (Å²) in [6, 6.07) is 8.67. The molecule has 0 heterocycles. The fourth-order valence-corrected chi connectivity index (χ4v) is 3.67. The number of benzene rings is 2. The summed E-state index contributed by atoms with van der Waals surface area (Å²) < 4.78 is 47.6. The van der Waals surface area contributed by atoms with Crippen LogP contribution in [0.15, 0.2) is 30.3 Å². The van der Waals surface area contributed by atoms with Gasteiger partial charge in [0.1, 0.15) is 5.82 Å². The second kappa shape index (κ2) is 8.26. The molecule has 140 valence electrons. The van der Waals surface area contributed by atoms with E-state index >= 15 is 0 Å². The summed E-state index contributed by atoms with van der Waals surface area (Å²) in [5, 5.41) is 0. The van der Waals surface area contributed by atoms with Crippen molar-refractivity contribution in [1.29, 1.82) is 0 Å². The molecule has 4 heteroatoms. The molecule has 0 spiro atoms. The van der Waals surface area contributed by atoms with Gasteiger partial charge in [-0.2, -0.15) is 0 Å². The molecule has 0 aromatic heterocycles. The van der Waals surface area contributed by atoms with Crippen LogP contribution in [0.4, 0.5) is 13.2 Å². The average Bonchev–Trinajstić information content (AvgIpc) is 2.66. The number of halogens is 3. The fraction of sp³-hybridized carbons (Fsp3) is 0.455. The van der Waals surface area contributed by atoms with E-state index in [-0.39, 0.29) is 30.0 Å². The topological polar surface area (TPSA) is 9.23 Å². The van der Waals surface area contributed by atoms with Crippen molar-refractivity contribution in [2.45, 2.75) is 64.6 Å². The van der Waals surface area contributed by atoms with Gasteiger partial charge in [0, 0.05) is 5.56 Å². The van der Waals surface area contributed by atoms with Crippen LogP contribution < -0.4 is 0 Å². The summed E-state index contributed by atoms with van der Waals surface area (Å²) in [4.78, 5) is 0. The second-order valence-corrected chi connectivity index (χ2v) is 7.16. The standard InChI is InChI=1S/C22H25F3O/c1-3-15-5-11-19(20(23)12-15)16-7-9-18(10-8-16)26-13-17-6-4-14(2)21(24)22(17)25/h4-6,11-12,16,18H,3,7-10,13H2,1-2H3. The minimum atomic E-state index is -0.822. The molecule has 0 bridgehead atoms. The van der Waals surface area contributed by atoms with E-state index < -0.39 is 11.6 Å². The normalized spacial score (nSPS) is 20.3. The maximum atomic E-state index is 14.3. The molecule has 1 fully saturated rings. The molecule has 0 amide bonds. The van der Waals surface area contributed by atoms with E-state index in [0.717, 1.165) is 43.2 Å². The Morgan fingerprint density at radius 3 is 2.35 bits per heavy atom. The van der Waals surface area contributed by atoms with Crippen molar-refractivity contribution < 1.29 is 17.9 Å². The van der Waals surface area contributed by atoms with E-state index in [0.29, 0.717) is 5.56 Å². The molecule has 3 rings (SSSR count). The minimum absolute atomic E-state index is 0.00740. The van der Waals surface area contributed by atoms with Gasteiger partial charge < -0.3 is 4.74 Å². The third-order valence-corrected chi connectivity index (χ3v) is 5.42. The first-order chi connectivity index (χ1) is 12.5. The number of hydrogen-bond donors (Lipinski definition) is 0. The molecule has 0 radical (unpaired) electrons. The van der Waals surface area contributed by atoms with Crippen LogP contribution >= 0.6 is 0 Å². The van der Waals surface area contributed by atoms with E-state index in [9.17, 15) is 13.2 Å². The van der Waals surface area contributed by atoms with Crippen LogP contribution in [0.1, 0.15) is 60.8 Å². The maximum Gasteiger partial charge on any atom is 0.164 e. The predicted octanol–water partition coefficient (Wildman–Crippen LogP) is 6.22. The lowest BCUT2D eigenvalue weighted by atomic mass is 9.82. The van der Waals surface area contributed by atoms with Crippen LogP contribution in [0, 0.1) is 24.4 Å². The molecule has 1 aliphatic rings. The molecule has 2 aromatic carbocycles. The van der Waals surface area contributed by atoms with Crippen molar-refractivity contribution in [1.82, 2.24) is 0 Å². The van der Waals surface area contributed by atoms with E-state index in [1.807, 2.05) is 19.1 Å². The molecular weight excluding hydrogens is 337 g/mol. The van der Waals surface area contributed by atoms with E-state index in [4.69, 9.17) is 4.74 Å². The Balaban J connectivity index is 1.55. The Morgan fingerprint density at radius 2 is 1.69 bits per heavy atom. The number of ether oxygens (including phenoxy) is 1. The molecular formula is C22H25F3O. The summed E-state index contributed by atoms with van der Waals surface area (Å²) in [6.45, 7) is 3.62. The Hall–Kier alpha value is -1.81. The zero-order valence-corrected chi connectivity index (χ0v) is 15.3. The third kappa shape index (κ3) is 4.12. The predicted molar refractivity (Wildman–Crippen MR) is 96.7 cm³/mol. The second-order valence-electron chi connectivity index (χ2n) is 7.16. The molecule has 1 nitrogen and oxygen atoms in total. The highest BCUT2D eigenvalue weighted by molar-refractivity contribution is 5.28. The molecule has 0 aliphatic heterocycles. The SMILES string of the molecule is CCc1ccc(C2CCC(OCc3ccc(C)c(F)c3F)CC2)c(F)c1. The van der Waals surface area contributed by atoms with E-state index in [2.05, 4.69) is 0 Å². The summed E-state index contributed by atoms with van der Waals surface area (Å²) in [6.07, 6.45) is 4.13. The molecule has 0 atom stereocenters. The van der Waals surface area contributed by atoms with Gasteiger partial charge in [0.25, 0.3) is 0 Å². The zero-order chi connectivity index (χ0) is 18.7. The quantitative estimate of drug-likeness (QED) is 0.614. The van der Waals surface area contributed by atoms with Gasteiger partial charge in [-0.1, -0.05) is 31.2 Å². The van der Waals surface area contributed by atoms with Gasteiger partial charge in [-0.05, 0) is 67.7 Å². The van der Waals surface area contributed by atoms with Gasteiger partial charge in [-0.25, -0.2) is 13.2 Å². The molecule has 2 aromatic rings. The van der Waals surface area contributed by atoms with Gasteiger partial charge in [0.15, 0.2) is 11.6 Å². The van der Waals surface area contributed by atoms with Crippen molar-refractivity contribution in [3.8, 4) is 0 Å². The highest BCUT2D eigenvalue weighted by atomic mass is 19.2. The van der Waals surface area contributed by atoms with Crippen LogP contribution in [-0.2, 0) is 17.8 Å². The number of aryl methyl sites for hydroxylation is 2. The number of hydrogen-bond acceptors (Lipinski definition) is 1. The largest absolute Gasteiger partial charge is 0.373 e. The van der Waals surface area contributed by atoms with Crippen molar-refractivity contribution in [2.75, 3.05) is 0 Å². The Morgan fingerprint density at radius 1 is 0.962 bits per heavy atom. The van der Waals surface area contributed by atoms with Crippen LogP contribution in [0.5, 0.6) is 0 Å². The molecule has 0 unspecified atom stereocenters. The summed E-state index contributed by atoms with van der Waals surface area (Å²) in [5.41, 5.74) is 2.34. The fourth-order valence-electron chi connectivity index (χ4n) is 3.67. The molecule has 26 heavy (non-hydrogen) atoms. The minimum Gasteiger partial charge on any atom is -0.373 e. The highest BCUT2D eigenvalue weighted by Crippen LogP contribution is 2.36. The summed E-state index contributed by atoms with van der Waals surface area (Å²) >= 11 is 0. The average molecular weight is 362 g/mol. The van der Waals surface area contributed by atoms with Crippen molar-refractivity contribution in [3.05, 3.63) is 70.0 Å². The number of rotatable bonds is 5. The molecule has 0 saturated heterocycles. The third-order valence-electron chi connectivity index (χ3n) is 5.42. The lowest BCUT2D eigenvalue weighted by Crippen LogP contribution is -2.21. The van der Waals surface area contributed by atoms with Gasteiger partial charge in [0.05, 0.1) is 12.7 Å². The smallest absolute Gasteiger partial charge is 0.164 e. The zero-order valence-electron chi connectivity index (χ0n) is 15.3. The van der Waals surface area contributed by atoms with Crippen LogP contribution in [-0.4, -0.2) is 6.10 Å². The molecule has 0 N–H and O–H groups in total. The van der Waals surface area contributed by atoms with Crippen molar-refractivity contribution >= 4 is 0 Å². The highest BCUT2D eigenvalue weighted by Gasteiger charge is 2.25. The van der Waals surface area contributed by atoms with Crippen molar-refractivity contribution in [3.63, 3.8) is 0 Å². The van der Waals surface area contributed by atoms with Crippen LogP contribution in [0.3, 0.4) is 0 Å². The Kier molecular flexibility index (Phi) is 6.02. The van der Waals surface area contributed by atoms with E-state index in [1.54, 1.807) is 18.2 Å². The van der Waals surface area contributed by atoms with Crippen LogP contribution in [0.2, 0.25) is 0 Å². The lowest BCUT2D eigenvalue weighted by molar-refractivity contribution is 0.0117. The van der Waals surface area contributed by atoms with Gasteiger partial charge in [0.2, 0.25) is 0 Å². The first kappa shape index (κ1) is 19.0. The lowest BCUT2D eigenvalue weighted by Gasteiger charge is -2.29. The maximum absolute atomic E-state index is 14.3. The summed E-state index contributed by atoms with van der Waals surface area (Å²) in [5.74, 6) is -1.54. The van der Waals surface area contributed by atoms with Crippen molar-refractivity contribution in [2.24, 2.45) is 0 Å². The van der Waals surface area contributed by atoms with Gasteiger partial charge >= 0.3 is 0 Å². The van der Waals surface area contributed by atoms with E-state index in [1.165, 1.54) is 6.92 Å². The first-order valence-electron chi connectivity index (χ1n) is 9.33.